The molecule has 2 N–H and O–H groups in total. The lowest BCUT2D eigenvalue weighted by molar-refractivity contribution is 0.332. The Bertz CT molecular complexity index is 645. The summed E-state index contributed by atoms with van der Waals surface area (Å²) in [5, 5.41) is 0.812. The number of para-hydroxylation sites is 1. The van der Waals surface area contributed by atoms with Gasteiger partial charge in [-0.05, 0) is 12.1 Å². The highest BCUT2D eigenvalue weighted by molar-refractivity contribution is 7.90. The van der Waals surface area contributed by atoms with Gasteiger partial charge in [-0.2, -0.15) is 0 Å². The first kappa shape index (κ1) is 12.9. The average molecular weight is 269 g/mol. The lowest BCUT2D eigenvalue weighted by atomic mass is 10.2. The molecule has 0 aliphatic carbocycles. The molecule has 1 heterocycles. The van der Waals surface area contributed by atoms with E-state index in [0.29, 0.717) is 17.1 Å². The van der Waals surface area contributed by atoms with E-state index >= 15 is 0 Å². The van der Waals surface area contributed by atoms with E-state index in [0.717, 1.165) is 5.39 Å². The average Bonchev–Trinajstić information content (AvgIpc) is 2.66. The number of rotatable bonds is 5. The van der Waals surface area contributed by atoms with E-state index in [2.05, 4.69) is 0 Å². The number of fused-ring (bicyclic) bond motifs is 1. The van der Waals surface area contributed by atoms with Crippen LogP contribution in [-0.2, 0) is 16.4 Å². The van der Waals surface area contributed by atoms with Gasteiger partial charge < -0.3 is 14.9 Å². The molecule has 0 spiro atoms. The molecule has 0 radical (unpaired) electrons. The number of hydrogen-bond acceptors (Lipinski definition) is 5. The predicted octanol–water partition coefficient (Wildman–Crippen LogP) is 1.31. The third kappa shape index (κ3) is 2.83. The number of ether oxygens (including phenoxy) is 1. The topological polar surface area (TPSA) is 82.5 Å². The van der Waals surface area contributed by atoms with Crippen LogP contribution in [0.4, 0.5) is 0 Å². The number of hydrogen-bond donors (Lipinski definition) is 1. The maximum absolute atomic E-state index is 11.0. The Morgan fingerprint density at radius 3 is 2.72 bits per heavy atom. The van der Waals surface area contributed by atoms with Crippen molar-refractivity contribution in [1.29, 1.82) is 0 Å². The first-order chi connectivity index (χ1) is 8.51. The smallest absolute Gasteiger partial charge is 0.169 e. The number of furan rings is 1. The van der Waals surface area contributed by atoms with Crippen molar-refractivity contribution in [1.82, 2.24) is 0 Å². The number of sulfone groups is 1. The van der Waals surface area contributed by atoms with Crippen LogP contribution >= 0.6 is 0 Å². The second-order valence-electron chi connectivity index (χ2n) is 4.03. The molecule has 5 nitrogen and oxygen atoms in total. The molecule has 0 aliphatic rings. The van der Waals surface area contributed by atoms with Gasteiger partial charge in [0.1, 0.15) is 12.2 Å². The molecule has 1 aromatic heterocycles. The molecule has 2 aromatic rings. The molecule has 0 saturated heterocycles. The molecule has 0 fully saturated rings. The van der Waals surface area contributed by atoms with Gasteiger partial charge in [-0.1, -0.05) is 12.1 Å². The fourth-order valence-corrected chi connectivity index (χ4v) is 2.05. The Balaban J connectivity index is 2.25. The second-order valence-corrected chi connectivity index (χ2v) is 6.29. The minimum atomic E-state index is -3.04. The lowest BCUT2D eigenvalue weighted by Crippen LogP contribution is -2.12. The summed E-state index contributed by atoms with van der Waals surface area (Å²) in [6.45, 7) is 0.304. The standard InChI is InChI=1S/C12H15NO4S/c1-18(14,15)7-6-16-12-9-4-2-3-5-10(9)17-11(12)8-13/h2-5H,6-8,13H2,1H3. The zero-order valence-electron chi connectivity index (χ0n) is 10.0. The molecule has 18 heavy (non-hydrogen) atoms. The van der Waals surface area contributed by atoms with E-state index in [1.165, 1.54) is 6.26 Å². The molecule has 98 valence electrons. The Morgan fingerprint density at radius 2 is 2.06 bits per heavy atom. The highest BCUT2D eigenvalue weighted by Crippen LogP contribution is 2.32. The second kappa shape index (κ2) is 4.99. The SMILES string of the molecule is CS(=O)(=O)CCOc1c(CN)oc2ccccc12. The summed E-state index contributed by atoms with van der Waals surface area (Å²) < 4.78 is 33.1. The van der Waals surface area contributed by atoms with Gasteiger partial charge in [-0.3, -0.25) is 0 Å². The van der Waals surface area contributed by atoms with Crippen molar-refractivity contribution in [3.63, 3.8) is 0 Å². The maximum Gasteiger partial charge on any atom is 0.169 e. The van der Waals surface area contributed by atoms with Crippen LogP contribution in [0.3, 0.4) is 0 Å². The lowest BCUT2D eigenvalue weighted by Gasteiger charge is -2.04. The summed E-state index contributed by atoms with van der Waals surface area (Å²) in [6.07, 6.45) is 1.17. The zero-order chi connectivity index (χ0) is 13.2. The monoisotopic (exact) mass is 269 g/mol. The summed E-state index contributed by atoms with van der Waals surface area (Å²) in [5.41, 5.74) is 6.27. The van der Waals surface area contributed by atoms with Crippen LogP contribution in [0.5, 0.6) is 5.75 Å². The van der Waals surface area contributed by atoms with Crippen molar-refractivity contribution in [2.75, 3.05) is 18.6 Å². The molecular formula is C12H15NO4S. The number of benzene rings is 1. The molecule has 2 rings (SSSR count). The van der Waals surface area contributed by atoms with Gasteiger partial charge in [0.05, 0.1) is 17.7 Å². The van der Waals surface area contributed by atoms with Gasteiger partial charge in [0.2, 0.25) is 0 Å². The van der Waals surface area contributed by atoms with Crippen LogP contribution in [0.15, 0.2) is 28.7 Å². The summed E-state index contributed by atoms with van der Waals surface area (Å²) in [4.78, 5) is 0. The maximum atomic E-state index is 11.0. The first-order valence-corrected chi connectivity index (χ1v) is 7.58. The molecule has 0 atom stereocenters. The molecule has 1 aromatic carbocycles. The van der Waals surface area contributed by atoms with Crippen LogP contribution in [0, 0.1) is 0 Å². The molecular weight excluding hydrogens is 254 g/mol. The Morgan fingerprint density at radius 1 is 1.33 bits per heavy atom. The fraction of sp³-hybridized carbons (Fsp3) is 0.333. The van der Waals surface area contributed by atoms with E-state index in [-0.39, 0.29) is 18.9 Å². The van der Waals surface area contributed by atoms with Crippen LogP contribution in [0.1, 0.15) is 5.76 Å². The fourth-order valence-electron chi connectivity index (χ4n) is 1.66. The van der Waals surface area contributed by atoms with E-state index in [1.807, 2.05) is 24.3 Å². The Hall–Kier alpha value is -1.53. The van der Waals surface area contributed by atoms with Gasteiger partial charge in [-0.25, -0.2) is 8.42 Å². The minimum Gasteiger partial charge on any atom is -0.488 e. The highest BCUT2D eigenvalue weighted by Gasteiger charge is 2.14. The molecule has 0 amide bonds. The summed E-state index contributed by atoms with van der Waals surface area (Å²) in [6, 6.07) is 7.39. The summed E-state index contributed by atoms with van der Waals surface area (Å²) in [7, 11) is -3.04. The van der Waals surface area contributed by atoms with Gasteiger partial charge in [0, 0.05) is 6.26 Å². The van der Waals surface area contributed by atoms with E-state index in [1.54, 1.807) is 0 Å². The van der Waals surface area contributed by atoms with Crippen molar-refractivity contribution in [3.8, 4) is 5.75 Å². The largest absolute Gasteiger partial charge is 0.488 e. The molecule has 0 aliphatic heterocycles. The van der Waals surface area contributed by atoms with E-state index < -0.39 is 9.84 Å². The van der Waals surface area contributed by atoms with Gasteiger partial charge in [0.25, 0.3) is 0 Å². The van der Waals surface area contributed by atoms with Crippen molar-refractivity contribution in [3.05, 3.63) is 30.0 Å². The van der Waals surface area contributed by atoms with Crippen LogP contribution < -0.4 is 10.5 Å². The third-order valence-corrected chi connectivity index (χ3v) is 3.41. The zero-order valence-corrected chi connectivity index (χ0v) is 10.9. The predicted molar refractivity (Wildman–Crippen MR) is 69.3 cm³/mol. The van der Waals surface area contributed by atoms with Crippen LogP contribution in [0.2, 0.25) is 0 Å². The summed E-state index contributed by atoms with van der Waals surface area (Å²) >= 11 is 0. The summed E-state index contributed by atoms with van der Waals surface area (Å²) in [5.74, 6) is 1.04. The van der Waals surface area contributed by atoms with Gasteiger partial charge in [0.15, 0.2) is 21.3 Å². The molecule has 0 saturated carbocycles. The molecule has 0 unspecified atom stereocenters. The van der Waals surface area contributed by atoms with Crippen molar-refractivity contribution < 1.29 is 17.6 Å². The Labute approximate surface area is 105 Å². The van der Waals surface area contributed by atoms with Gasteiger partial charge in [-0.15, -0.1) is 0 Å². The normalized spacial score (nSPS) is 11.9. The van der Waals surface area contributed by atoms with Crippen molar-refractivity contribution in [2.45, 2.75) is 6.54 Å². The van der Waals surface area contributed by atoms with Crippen molar-refractivity contribution in [2.24, 2.45) is 5.73 Å². The first-order valence-electron chi connectivity index (χ1n) is 5.52. The minimum absolute atomic E-state index is 0.0312. The molecule has 0 bridgehead atoms. The van der Waals surface area contributed by atoms with Crippen LogP contribution in [-0.4, -0.2) is 27.0 Å². The van der Waals surface area contributed by atoms with Gasteiger partial charge >= 0.3 is 0 Å². The Kier molecular flexibility index (Phi) is 3.58. The van der Waals surface area contributed by atoms with Crippen LogP contribution in [0.25, 0.3) is 11.0 Å². The quantitative estimate of drug-likeness (QED) is 0.885. The number of nitrogens with two attached hydrogens (primary N) is 1. The van der Waals surface area contributed by atoms with E-state index in [4.69, 9.17) is 14.9 Å². The third-order valence-electron chi connectivity index (χ3n) is 2.50. The highest BCUT2D eigenvalue weighted by atomic mass is 32.2. The molecule has 6 heteroatoms. The van der Waals surface area contributed by atoms with E-state index in [9.17, 15) is 8.42 Å². The van der Waals surface area contributed by atoms with Crippen molar-refractivity contribution >= 4 is 20.8 Å².